The van der Waals surface area contributed by atoms with Gasteiger partial charge in [-0.2, -0.15) is 0 Å². The maximum Gasteiger partial charge on any atom is 0.408 e. The number of carbonyl (C=O) groups excluding carboxylic acids is 1. The molecule has 6 heteroatoms. The summed E-state index contributed by atoms with van der Waals surface area (Å²) in [6, 6.07) is 11.7. The van der Waals surface area contributed by atoms with Crippen molar-refractivity contribution >= 4 is 11.8 Å². The minimum Gasteiger partial charge on any atom is -0.445 e. The highest BCUT2D eigenvalue weighted by Crippen LogP contribution is 2.16. The topological polar surface area (TPSA) is 64.3 Å². The van der Waals surface area contributed by atoms with Crippen LogP contribution in [0.3, 0.4) is 0 Å². The summed E-state index contributed by atoms with van der Waals surface area (Å²) < 4.78 is 31.7. The Morgan fingerprint density at radius 3 is 2.61 bits per heavy atom. The quantitative estimate of drug-likeness (QED) is 0.676. The minimum atomic E-state index is -1.13. The van der Waals surface area contributed by atoms with E-state index in [1.807, 2.05) is 30.3 Å². The molecule has 0 heterocycles. The molecule has 3 N–H and O–H groups in total. The molecule has 4 nitrogen and oxygen atoms in total. The maximum absolute atomic E-state index is 13.5. The molecule has 0 fully saturated rings. The van der Waals surface area contributed by atoms with Gasteiger partial charge in [-0.15, -0.1) is 0 Å². The number of ether oxygens (including phenoxy) is 1. The normalized spacial score (nSPS) is 9.65. The fraction of sp³-hybridized carbons (Fsp3) is 0.118. The second-order valence-electron chi connectivity index (χ2n) is 4.55. The molecule has 0 aliphatic carbocycles. The Kier molecular flexibility index (Phi) is 5.53. The van der Waals surface area contributed by atoms with Gasteiger partial charge >= 0.3 is 6.09 Å². The summed E-state index contributed by atoms with van der Waals surface area (Å²) >= 11 is 0. The third-order valence-electron chi connectivity index (χ3n) is 2.87. The fourth-order valence-corrected chi connectivity index (χ4v) is 1.69. The highest BCUT2D eigenvalue weighted by molar-refractivity contribution is 5.67. The number of hydrogen-bond donors (Lipinski definition) is 2. The number of carbonyl (C=O) groups is 1. The molecule has 0 aliphatic rings. The number of alkyl carbamates (subject to hydrolysis) is 1. The molecule has 23 heavy (non-hydrogen) atoms. The minimum absolute atomic E-state index is 0.0565. The number of halogens is 2. The monoisotopic (exact) mass is 316 g/mol. The molecule has 2 aromatic rings. The van der Waals surface area contributed by atoms with Gasteiger partial charge < -0.3 is 15.8 Å². The van der Waals surface area contributed by atoms with E-state index >= 15 is 0 Å². The lowest BCUT2D eigenvalue weighted by Crippen LogP contribution is -2.24. The molecule has 0 saturated carbocycles. The van der Waals surface area contributed by atoms with Crippen molar-refractivity contribution < 1.29 is 18.3 Å². The van der Waals surface area contributed by atoms with Crippen LogP contribution in [0.25, 0.3) is 0 Å². The van der Waals surface area contributed by atoms with E-state index in [9.17, 15) is 13.6 Å². The Hall–Kier alpha value is -3.07. The Morgan fingerprint density at radius 1 is 1.13 bits per heavy atom. The number of nitrogen functional groups attached to an aromatic ring is 1. The first-order chi connectivity index (χ1) is 11.1. The molecular formula is C17H14F2N2O2. The van der Waals surface area contributed by atoms with Crippen molar-refractivity contribution in [1.82, 2.24) is 5.32 Å². The predicted octanol–water partition coefficient (Wildman–Crippen LogP) is 2.82. The van der Waals surface area contributed by atoms with Crippen LogP contribution >= 0.6 is 0 Å². The summed E-state index contributed by atoms with van der Waals surface area (Å²) in [5.74, 6) is 2.69. The highest BCUT2D eigenvalue weighted by atomic mass is 19.2. The van der Waals surface area contributed by atoms with Crippen LogP contribution in [0.4, 0.5) is 19.3 Å². The van der Waals surface area contributed by atoms with E-state index in [1.165, 1.54) is 12.1 Å². The van der Waals surface area contributed by atoms with E-state index in [0.29, 0.717) is 0 Å². The first kappa shape index (κ1) is 16.3. The molecular weight excluding hydrogens is 302 g/mol. The molecule has 0 unspecified atom stereocenters. The van der Waals surface area contributed by atoms with Crippen molar-refractivity contribution in [2.24, 2.45) is 0 Å². The van der Waals surface area contributed by atoms with Crippen molar-refractivity contribution in [3.05, 3.63) is 65.2 Å². The molecule has 2 aromatic carbocycles. The van der Waals surface area contributed by atoms with Crippen LogP contribution in [-0.2, 0) is 11.3 Å². The van der Waals surface area contributed by atoms with Gasteiger partial charge in [0.05, 0.1) is 17.8 Å². The summed E-state index contributed by atoms with van der Waals surface area (Å²) in [6.07, 6.45) is -0.646. The van der Waals surface area contributed by atoms with Crippen LogP contribution in [0.1, 0.15) is 11.1 Å². The third-order valence-corrected chi connectivity index (χ3v) is 2.87. The van der Waals surface area contributed by atoms with Gasteiger partial charge in [-0.1, -0.05) is 42.2 Å². The average Bonchev–Trinajstić information content (AvgIpc) is 2.57. The lowest BCUT2D eigenvalue weighted by molar-refractivity contribution is 0.141. The first-order valence-electron chi connectivity index (χ1n) is 6.75. The van der Waals surface area contributed by atoms with E-state index in [1.54, 1.807) is 0 Å². The van der Waals surface area contributed by atoms with Crippen molar-refractivity contribution in [2.45, 2.75) is 6.61 Å². The zero-order chi connectivity index (χ0) is 16.7. The molecule has 0 spiro atoms. The first-order valence-corrected chi connectivity index (χ1v) is 6.75. The largest absolute Gasteiger partial charge is 0.445 e. The molecule has 0 saturated heterocycles. The Balaban J connectivity index is 1.81. The number of nitrogens with one attached hydrogen (secondary N) is 1. The second-order valence-corrected chi connectivity index (χ2v) is 4.55. The summed E-state index contributed by atoms with van der Waals surface area (Å²) in [6.45, 7) is 0.0803. The molecule has 1 amide bonds. The van der Waals surface area contributed by atoms with Gasteiger partial charge in [0.15, 0.2) is 11.6 Å². The van der Waals surface area contributed by atoms with Crippen molar-refractivity contribution in [3.8, 4) is 11.8 Å². The molecule has 118 valence electrons. The molecule has 0 atom stereocenters. The summed E-state index contributed by atoms with van der Waals surface area (Å²) in [5.41, 5.74) is 5.67. The van der Waals surface area contributed by atoms with Gasteiger partial charge in [-0.25, -0.2) is 13.6 Å². The number of benzene rings is 2. The average molecular weight is 316 g/mol. The van der Waals surface area contributed by atoms with Crippen molar-refractivity contribution in [1.29, 1.82) is 0 Å². The van der Waals surface area contributed by atoms with E-state index in [2.05, 4.69) is 17.2 Å². The molecule has 0 bridgehead atoms. The lowest BCUT2D eigenvalue weighted by atomic mass is 10.2. The zero-order valence-corrected chi connectivity index (χ0v) is 12.1. The van der Waals surface area contributed by atoms with Crippen molar-refractivity contribution in [2.75, 3.05) is 12.3 Å². The van der Waals surface area contributed by atoms with E-state index < -0.39 is 17.7 Å². The van der Waals surface area contributed by atoms with Gasteiger partial charge in [-0.3, -0.25) is 0 Å². The van der Waals surface area contributed by atoms with E-state index in [0.717, 1.165) is 5.56 Å². The summed E-state index contributed by atoms with van der Waals surface area (Å²) in [5, 5.41) is 2.39. The smallest absolute Gasteiger partial charge is 0.408 e. The second kappa shape index (κ2) is 7.80. The number of amides is 1. The van der Waals surface area contributed by atoms with Crippen LogP contribution in [0.2, 0.25) is 0 Å². The number of hydrogen-bond acceptors (Lipinski definition) is 3. The van der Waals surface area contributed by atoms with Gasteiger partial charge in [0.2, 0.25) is 0 Å². The fourth-order valence-electron chi connectivity index (χ4n) is 1.69. The SMILES string of the molecule is Nc1ccc(C#CCNC(=O)OCc2ccccc2)c(F)c1F. The van der Waals surface area contributed by atoms with Crippen molar-refractivity contribution in [3.63, 3.8) is 0 Å². The lowest BCUT2D eigenvalue weighted by Gasteiger charge is -2.04. The number of rotatable bonds is 3. The van der Waals surface area contributed by atoms with Crippen LogP contribution in [-0.4, -0.2) is 12.6 Å². The number of anilines is 1. The van der Waals surface area contributed by atoms with Gasteiger partial charge in [0, 0.05) is 0 Å². The Bertz CT molecular complexity index is 752. The van der Waals surface area contributed by atoms with Crippen LogP contribution in [0, 0.1) is 23.5 Å². The highest BCUT2D eigenvalue weighted by Gasteiger charge is 2.09. The Labute approximate surface area is 132 Å². The third kappa shape index (κ3) is 4.71. The molecule has 0 radical (unpaired) electrons. The predicted molar refractivity (Wildman–Crippen MR) is 82.3 cm³/mol. The summed E-state index contributed by atoms with van der Waals surface area (Å²) in [7, 11) is 0. The van der Waals surface area contributed by atoms with E-state index in [-0.39, 0.29) is 24.4 Å². The van der Waals surface area contributed by atoms with Crippen LogP contribution in [0.15, 0.2) is 42.5 Å². The van der Waals surface area contributed by atoms with Gasteiger partial charge in [0.25, 0.3) is 0 Å². The molecule has 0 aromatic heterocycles. The Morgan fingerprint density at radius 2 is 1.87 bits per heavy atom. The maximum atomic E-state index is 13.5. The van der Waals surface area contributed by atoms with Gasteiger partial charge in [-0.05, 0) is 17.7 Å². The van der Waals surface area contributed by atoms with Crippen LogP contribution in [0.5, 0.6) is 0 Å². The zero-order valence-electron chi connectivity index (χ0n) is 12.1. The van der Waals surface area contributed by atoms with Gasteiger partial charge in [0.1, 0.15) is 6.61 Å². The number of nitrogens with two attached hydrogens (primary N) is 1. The standard InChI is InChI=1S/C17H14F2N2O2/c18-15-13(8-9-14(20)16(15)19)7-4-10-21-17(22)23-11-12-5-2-1-3-6-12/h1-3,5-6,8-9H,10-11,20H2,(H,21,22). The summed E-state index contributed by atoms with van der Waals surface area (Å²) in [4.78, 5) is 11.4. The van der Waals surface area contributed by atoms with E-state index in [4.69, 9.17) is 10.5 Å². The van der Waals surface area contributed by atoms with Crippen LogP contribution < -0.4 is 11.1 Å². The molecule has 0 aliphatic heterocycles. The molecule has 2 rings (SSSR count).